The van der Waals surface area contributed by atoms with Crippen molar-refractivity contribution in [2.75, 3.05) is 7.11 Å². The number of rotatable bonds is 10. The zero-order chi connectivity index (χ0) is 23.1. The first-order valence-corrected chi connectivity index (χ1v) is 10.5. The van der Waals surface area contributed by atoms with Crippen LogP contribution >= 0.6 is 12.2 Å². The van der Waals surface area contributed by atoms with Gasteiger partial charge in [0.05, 0.1) is 13.2 Å². The summed E-state index contributed by atoms with van der Waals surface area (Å²) in [6.45, 7) is -0.782. The highest BCUT2D eigenvalue weighted by molar-refractivity contribution is 7.71. The minimum Gasteiger partial charge on any atom is -0.497 e. The molecule has 2 aromatic carbocycles. The summed E-state index contributed by atoms with van der Waals surface area (Å²) in [4.78, 5) is 12.7. The number of alkyl halides is 2. The second-order valence-corrected chi connectivity index (χ2v) is 7.31. The van der Waals surface area contributed by atoms with Gasteiger partial charge in [-0.3, -0.25) is 14.5 Å². The molecule has 3 rings (SSSR count). The topological polar surface area (TPSA) is 81.2 Å². The van der Waals surface area contributed by atoms with Crippen LogP contribution in [0.15, 0.2) is 48.5 Å². The molecule has 0 aliphatic carbocycles. The van der Waals surface area contributed by atoms with E-state index in [0.717, 1.165) is 11.3 Å². The Kier molecular flexibility index (Phi) is 7.93. The van der Waals surface area contributed by atoms with Gasteiger partial charge in [-0.1, -0.05) is 25.1 Å². The predicted molar refractivity (Wildman–Crippen MR) is 118 cm³/mol. The molecule has 0 aliphatic heterocycles. The summed E-state index contributed by atoms with van der Waals surface area (Å²) in [5.41, 5.74) is 1.32. The van der Waals surface area contributed by atoms with Gasteiger partial charge in [0.25, 0.3) is 0 Å². The molecule has 0 spiro atoms. The minimum absolute atomic E-state index is 0.0495. The van der Waals surface area contributed by atoms with E-state index in [1.54, 1.807) is 29.9 Å². The molecule has 3 aromatic rings. The van der Waals surface area contributed by atoms with Crippen molar-refractivity contribution in [2.24, 2.45) is 0 Å². The zero-order valence-corrected chi connectivity index (χ0v) is 18.5. The maximum Gasteiger partial charge on any atom is 0.387 e. The van der Waals surface area contributed by atoms with Crippen molar-refractivity contribution in [3.8, 4) is 22.9 Å². The van der Waals surface area contributed by atoms with E-state index in [2.05, 4.69) is 20.3 Å². The number of hydrogen-bond donors (Lipinski definition) is 2. The molecular formula is C22H24F2N4O3S. The van der Waals surface area contributed by atoms with Crippen molar-refractivity contribution in [3.63, 3.8) is 0 Å². The number of halogens is 2. The lowest BCUT2D eigenvalue weighted by Gasteiger charge is -2.20. The molecule has 1 unspecified atom stereocenters. The molecule has 1 atom stereocenters. The molecule has 32 heavy (non-hydrogen) atoms. The summed E-state index contributed by atoms with van der Waals surface area (Å²) >= 11 is 5.32. The van der Waals surface area contributed by atoms with E-state index in [4.69, 9.17) is 17.0 Å². The largest absolute Gasteiger partial charge is 0.497 e. The summed E-state index contributed by atoms with van der Waals surface area (Å²) < 4.78 is 37.4. The maximum absolute atomic E-state index is 12.7. The van der Waals surface area contributed by atoms with Crippen LogP contribution in [0, 0.1) is 4.77 Å². The van der Waals surface area contributed by atoms with Gasteiger partial charge in [-0.25, -0.2) is 0 Å². The fourth-order valence-electron chi connectivity index (χ4n) is 3.34. The Labute approximate surface area is 189 Å². The van der Waals surface area contributed by atoms with Gasteiger partial charge in [-0.15, -0.1) is 0 Å². The van der Waals surface area contributed by atoms with E-state index < -0.39 is 12.7 Å². The number of aromatic nitrogens is 3. The second kappa shape index (κ2) is 10.9. The number of nitrogens with one attached hydrogen (secondary N) is 2. The summed E-state index contributed by atoms with van der Waals surface area (Å²) in [7, 11) is 1.59. The molecule has 0 radical (unpaired) electrons. The lowest BCUT2D eigenvalue weighted by Crippen LogP contribution is -2.29. The van der Waals surface area contributed by atoms with E-state index in [-0.39, 0.29) is 18.1 Å². The highest BCUT2D eigenvalue weighted by atomic mass is 32.1. The molecule has 1 heterocycles. The van der Waals surface area contributed by atoms with Crippen LogP contribution in [0.25, 0.3) is 11.4 Å². The number of carbonyl (C=O) groups excluding carboxylic acids is 1. The number of methoxy groups -OCH3 is 1. The van der Waals surface area contributed by atoms with Crippen LogP contribution in [0.5, 0.6) is 11.5 Å². The average molecular weight is 463 g/mol. The lowest BCUT2D eigenvalue weighted by atomic mass is 10.0. The first kappa shape index (κ1) is 23.4. The molecule has 0 saturated heterocycles. The van der Waals surface area contributed by atoms with E-state index in [0.29, 0.717) is 29.1 Å². The van der Waals surface area contributed by atoms with E-state index in [1.165, 1.54) is 6.07 Å². The normalized spacial score (nSPS) is 11.9. The summed E-state index contributed by atoms with van der Waals surface area (Å²) in [5, 5.41) is 9.92. The number of ether oxygens (including phenoxy) is 2. The van der Waals surface area contributed by atoms with Crippen molar-refractivity contribution in [2.45, 2.75) is 39.0 Å². The van der Waals surface area contributed by atoms with Crippen molar-refractivity contribution < 1.29 is 23.0 Å². The smallest absolute Gasteiger partial charge is 0.387 e. The summed E-state index contributed by atoms with van der Waals surface area (Å²) in [6.07, 6.45) is 0.642. The third kappa shape index (κ3) is 5.70. The Morgan fingerprint density at radius 2 is 1.94 bits per heavy atom. The van der Waals surface area contributed by atoms with Gasteiger partial charge in [-0.2, -0.15) is 13.9 Å². The van der Waals surface area contributed by atoms with Crippen LogP contribution in [0.1, 0.15) is 31.4 Å². The summed E-state index contributed by atoms with van der Waals surface area (Å²) in [5.74, 6) is 1.13. The fourth-order valence-corrected chi connectivity index (χ4v) is 3.56. The SMILES string of the molecule is CCC(NC(=O)CCn1c(-c2ccc(OC)cc2)n[nH]c1=S)c1ccccc1OC(F)F. The van der Waals surface area contributed by atoms with E-state index in [9.17, 15) is 13.6 Å². The molecule has 2 N–H and O–H groups in total. The molecule has 7 nitrogen and oxygen atoms in total. The number of hydrogen-bond acceptors (Lipinski definition) is 5. The lowest BCUT2D eigenvalue weighted by molar-refractivity contribution is -0.122. The molecular weight excluding hydrogens is 438 g/mol. The highest BCUT2D eigenvalue weighted by Gasteiger charge is 2.19. The third-order valence-electron chi connectivity index (χ3n) is 4.92. The number of aromatic amines is 1. The van der Waals surface area contributed by atoms with Crippen molar-refractivity contribution in [3.05, 3.63) is 58.9 Å². The Balaban J connectivity index is 1.70. The van der Waals surface area contributed by atoms with Crippen LogP contribution in [0.3, 0.4) is 0 Å². The Hall–Kier alpha value is -3.27. The highest BCUT2D eigenvalue weighted by Crippen LogP contribution is 2.28. The van der Waals surface area contributed by atoms with Gasteiger partial charge in [0, 0.05) is 24.1 Å². The van der Waals surface area contributed by atoms with Crippen LogP contribution in [-0.2, 0) is 11.3 Å². The number of amides is 1. The van der Waals surface area contributed by atoms with Crippen LogP contribution < -0.4 is 14.8 Å². The van der Waals surface area contributed by atoms with Crippen molar-refractivity contribution in [1.29, 1.82) is 0 Å². The number of nitrogens with zero attached hydrogens (tertiary/aromatic N) is 2. The Morgan fingerprint density at radius 3 is 2.59 bits per heavy atom. The van der Waals surface area contributed by atoms with Gasteiger partial charge in [0.15, 0.2) is 10.6 Å². The van der Waals surface area contributed by atoms with Gasteiger partial charge in [0.1, 0.15) is 11.5 Å². The molecule has 0 saturated carbocycles. The molecule has 1 amide bonds. The standard InChI is InChI=1S/C22H24F2N4O3S/c1-3-17(16-6-4-5-7-18(16)31-21(23)24)25-19(29)12-13-28-20(26-27-22(28)32)14-8-10-15(30-2)11-9-14/h4-11,17,21H,3,12-13H2,1-2H3,(H,25,29)(H,27,32). The molecule has 0 bridgehead atoms. The molecule has 0 fully saturated rings. The number of carbonyl (C=O) groups is 1. The van der Waals surface area contributed by atoms with Gasteiger partial charge in [0.2, 0.25) is 5.91 Å². The van der Waals surface area contributed by atoms with Crippen molar-refractivity contribution in [1.82, 2.24) is 20.1 Å². The van der Waals surface area contributed by atoms with Crippen LogP contribution in [0.4, 0.5) is 8.78 Å². The first-order valence-electron chi connectivity index (χ1n) is 10.1. The predicted octanol–water partition coefficient (Wildman–Crippen LogP) is 4.88. The van der Waals surface area contributed by atoms with Gasteiger partial charge >= 0.3 is 6.61 Å². The van der Waals surface area contributed by atoms with Crippen LogP contribution in [-0.4, -0.2) is 34.4 Å². The van der Waals surface area contributed by atoms with Crippen molar-refractivity contribution >= 4 is 18.1 Å². The average Bonchev–Trinajstić information content (AvgIpc) is 3.16. The minimum atomic E-state index is -2.94. The Morgan fingerprint density at radius 1 is 1.22 bits per heavy atom. The van der Waals surface area contributed by atoms with E-state index in [1.807, 2.05) is 31.2 Å². The number of benzene rings is 2. The number of H-pyrrole nitrogens is 1. The van der Waals surface area contributed by atoms with E-state index >= 15 is 0 Å². The third-order valence-corrected chi connectivity index (χ3v) is 5.23. The molecule has 0 aliphatic rings. The van der Waals surface area contributed by atoms with Gasteiger partial charge < -0.3 is 14.8 Å². The monoisotopic (exact) mass is 462 g/mol. The number of para-hydroxylation sites is 1. The molecule has 1 aromatic heterocycles. The van der Waals surface area contributed by atoms with Crippen LogP contribution in [0.2, 0.25) is 0 Å². The fraction of sp³-hybridized carbons (Fsp3) is 0.318. The zero-order valence-electron chi connectivity index (χ0n) is 17.7. The molecule has 10 heteroatoms. The first-order chi connectivity index (χ1) is 15.4. The quantitative estimate of drug-likeness (QED) is 0.420. The summed E-state index contributed by atoms with van der Waals surface area (Å²) in [6, 6.07) is 13.3. The second-order valence-electron chi connectivity index (χ2n) is 6.93. The van der Waals surface area contributed by atoms with Gasteiger partial charge in [-0.05, 0) is 49.0 Å². The molecule has 170 valence electrons. The maximum atomic E-state index is 12.7. The Bertz CT molecular complexity index is 1100.